The largest absolute Gasteiger partial charge is 0.316 e. The van der Waals surface area contributed by atoms with E-state index in [9.17, 15) is 4.39 Å². The topological polar surface area (TPSA) is 29.9 Å². The minimum absolute atomic E-state index is 0.205. The molecule has 2 aromatic rings. The summed E-state index contributed by atoms with van der Waals surface area (Å²) in [6.07, 6.45) is 0. The molecule has 0 bridgehead atoms. The number of hydrogen-bond acceptors (Lipinski definition) is 2. The Hall–Kier alpha value is -1.68. The molecule has 1 aromatic heterocycles. The second kappa shape index (κ2) is 4.90. The normalized spacial score (nSPS) is 10.9. The van der Waals surface area contributed by atoms with E-state index in [0.717, 1.165) is 28.1 Å². The van der Waals surface area contributed by atoms with E-state index in [1.54, 1.807) is 6.07 Å². The fourth-order valence-corrected chi connectivity index (χ4v) is 2.31. The van der Waals surface area contributed by atoms with E-state index >= 15 is 0 Å². The molecule has 0 radical (unpaired) electrons. The first-order chi connectivity index (χ1) is 8.54. The first-order valence-corrected chi connectivity index (χ1v) is 5.98. The number of rotatable bonds is 3. The van der Waals surface area contributed by atoms with Gasteiger partial charge in [-0.3, -0.25) is 4.68 Å². The molecule has 2 rings (SSSR count). The van der Waals surface area contributed by atoms with Crippen molar-refractivity contribution in [2.45, 2.75) is 20.4 Å². The Bertz CT molecular complexity index is 573. The molecular formula is C14H18FN3. The Labute approximate surface area is 107 Å². The van der Waals surface area contributed by atoms with Gasteiger partial charge in [0.1, 0.15) is 5.82 Å². The van der Waals surface area contributed by atoms with Crippen LogP contribution in [0.25, 0.3) is 11.1 Å². The molecule has 1 N–H and O–H groups in total. The molecule has 18 heavy (non-hydrogen) atoms. The van der Waals surface area contributed by atoms with E-state index in [2.05, 4.69) is 10.4 Å². The summed E-state index contributed by atoms with van der Waals surface area (Å²) < 4.78 is 15.2. The highest BCUT2D eigenvalue weighted by atomic mass is 19.1. The van der Waals surface area contributed by atoms with Crippen molar-refractivity contribution in [3.8, 4) is 11.1 Å². The molecule has 4 heteroatoms. The van der Waals surface area contributed by atoms with Crippen LogP contribution in [0.5, 0.6) is 0 Å². The third-order valence-electron chi connectivity index (χ3n) is 3.21. The number of aryl methyl sites for hydroxylation is 2. The lowest BCUT2D eigenvalue weighted by atomic mass is 9.98. The Kier molecular flexibility index (Phi) is 3.48. The van der Waals surface area contributed by atoms with Gasteiger partial charge in [-0.2, -0.15) is 5.10 Å². The highest BCUT2D eigenvalue weighted by Gasteiger charge is 2.15. The molecule has 0 aliphatic rings. The Morgan fingerprint density at radius 1 is 1.33 bits per heavy atom. The van der Waals surface area contributed by atoms with Gasteiger partial charge in [0.05, 0.1) is 5.69 Å². The summed E-state index contributed by atoms with van der Waals surface area (Å²) in [5.41, 5.74) is 5.17. The van der Waals surface area contributed by atoms with Crippen molar-refractivity contribution in [2.75, 3.05) is 7.05 Å². The van der Waals surface area contributed by atoms with Gasteiger partial charge in [-0.25, -0.2) is 4.39 Å². The molecule has 0 spiro atoms. The van der Waals surface area contributed by atoms with Crippen molar-refractivity contribution in [2.24, 2.45) is 7.05 Å². The molecule has 0 unspecified atom stereocenters. The number of nitrogens with one attached hydrogen (secondary N) is 1. The molecule has 0 saturated heterocycles. The second-order valence-electron chi connectivity index (χ2n) is 4.50. The maximum absolute atomic E-state index is 13.3. The first kappa shape index (κ1) is 12.8. The van der Waals surface area contributed by atoms with E-state index in [1.807, 2.05) is 38.7 Å². The summed E-state index contributed by atoms with van der Waals surface area (Å²) in [4.78, 5) is 0. The summed E-state index contributed by atoms with van der Waals surface area (Å²) in [5, 5.41) is 7.49. The molecule has 1 heterocycles. The Morgan fingerprint density at radius 2 is 2.06 bits per heavy atom. The monoisotopic (exact) mass is 247 g/mol. The van der Waals surface area contributed by atoms with Crippen LogP contribution in [0.1, 0.15) is 17.0 Å². The van der Waals surface area contributed by atoms with Crippen LogP contribution in [0.2, 0.25) is 0 Å². The number of nitrogens with zero attached hydrogens (tertiary/aromatic N) is 2. The van der Waals surface area contributed by atoms with Crippen LogP contribution in [0, 0.1) is 19.7 Å². The van der Waals surface area contributed by atoms with Crippen LogP contribution >= 0.6 is 0 Å². The van der Waals surface area contributed by atoms with Crippen LogP contribution in [0.4, 0.5) is 4.39 Å². The fraction of sp³-hybridized carbons (Fsp3) is 0.357. The van der Waals surface area contributed by atoms with Gasteiger partial charge < -0.3 is 5.32 Å². The van der Waals surface area contributed by atoms with Crippen molar-refractivity contribution in [1.82, 2.24) is 15.1 Å². The van der Waals surface area contributed by atoms with Crippen LogP contribution in [0.15, 0.2) is 18.2 Å². The van der Waals surface area contributed by atoms with Crippen LogP contribution in [-0.4, -0.2) is 16.8 Å². The molecule has 0 aliphatic heterocycles. The lowest BCUT2D eigenvalue weighted by Crippen LogP contribution is -2.07. The van der Waals surface area contributed by atoms with Gasteiger partial charge in [-0.1, -0.05) is 6.07 Å². The minimum atomic E-state index is -0.205. The van der Waals surface area contributed by atoms with Gasteiger partial charge in [-0.15, -0.1) is 0 Å². The molecule has 96 valence electrons. The zero-order valence-corrected chi connectivity index (χ0v) is 11.2. The van der Waals surface area contributed by atoms with Gasteiger partial charge in [0.25, 0.3) is 0 Å². The predicted octanol–water partition coefficient (Wildman–Crippen LogP) is 2.56. The predicted molar refractivity (Wildman–Crippen MR) is 70.8 cm³/mol. The zero-order chi connectivity index (χ0) is 13.3. The van der Waals surface area contributed by atoms with Crippen molar-refractivity contribution in [1.29, 1.82) is 0 Å². The van der Waals surface area contributed by atoms with Crippen LogP contribution < -0.4 is 5.32 Å². The molecular weight excluding hydrogens is 229 g/mol. The van der Waals surface area contributed by atoms with E-state index in [1.165, 1.54) is 6.07 Å². The maximum atomic E-state index is 13.3. The third kappa shape index (κ3) is 2.16. The lowest BCUT2D eigenvalue weighted by Gasteiger charge is -2.10. The number of aromatic nitrogens is 2. The average molecular weight is 247 g/mol. The van der Waals surface area contributed by atoms with E-state index in [0.29, 0.717) is 6.54 Å². The molecule has 0 atom stereocenters. The second-order valence-corrected chi connectivity index (χ2v) is 4.50. The van der Waals surface area contributed by atoms with E-state index in [-0.39, 0.29) is 5.82 Å². The van der Waals surface area contributed by atoms with Crippen molar-refractivity contribution in [3.05, 3.63) is 41.0 Å². The van der Waals surface area contributed by atoms with Gasteiger partial charge >= 0.3 is 0 Å². The maximum Gasteiger partial charge on any atom is 0.123 e. The molecule has 0 aliphatic carbocycles. The molecule has 3 nitrogen and oxygen atoms in total. The van der Waals surface area contributed by atoms with E-state index in [4.69, 9.17) is 0 Å². The van der Waals surface area contributed by atoms with Crippen molar-refractivity contribution in [3.63, 3.8) is 0 Å². The SMILES string of the molecule is CNCc1cc(F)ccc1-c1c(C)nn(C)c1C. The lowest BCUT2D eigenvalue weighted by molar-refractivity contribution is 0.624. The van der Waals surface area contributed by atoms with Crippen LogP contribution in [0.3, 0.4) is 0 Å². The number of benzene rings is 1. The summed E-state index contributed by atoms with van der Waals surface area (Å²) in [6, 6.07) is 4.91. The quantitative estimate of drug-likeness (QED) is 0.903. The fourth-order valence-electron chi connectivity index (χ4n) is 2.31. The number of halogens is 1. The summed E-state index contributed by atoms with van der Waals surface area (Å²) in [5.74, 6) is -0.205. The summed E-state index contributed by atoms with van der Waals surface area (Å²) in [7, 11) is 3.78. The average Bonchev–Trinajstić information content (AvgIpc) is 2.55. The summed E-state index contributed by atoms with van der Waals surface area (Å²) >= 11 is 0. The van der Waals surface area contributed by atoms with Crippen molar-refractivity contribution >= 4 is 0 Å². The smallest absolute Gasteiger partial charge is 0.123 e. The van der Waals surface area contributed by atoms with Crippen molar-refractivity contribution < 1.29 is 4.39 Å². The standard InChI is InChI=1S/C14H18FN3/c1-9-14(10(2)18(4)17-9)13-6-5-12(15)7-11(13)8-16-3/h5-7,16H,8H2,1-4H3. The highest BCUT2D eigenvalue weighted by Crippen LogP contribution is 2.30. The van der Waals surface area contributed by atoms with Gasteiger partial charge in [-0.05, 0) is 44.2 Å². The van der Waals surface area contributed by atoms with Gasteiger partial charge in [0.15, 0.2) is 0 Å². The van der Waals surface area contributed by atoms with Gasteiger partial charge in [0.2, 0.25) is 0 Å². The zero-order valence-electron chi connectivity index (χ0n) is 11.2. The first-order valence-electron chi connectivity index (χ1n) is 5.98. The Morgan fingerprint density at radius 3 is 2.61 bits per heavy atom. The van der Waals surface area contributed by atoms with Crippen LogP contribution in [-0.2, 0) is 13.6 Å². The molecule has 1 aromatic carbocycles. The highest BCUT2D eigenvalue weighted by molar-refractivity contribution is 5.71. The summed E-state index contributed by atoms with van der Waals surface area (Å²) in [6.45, 7) is 4.65. The number of hydrogen-bond donors (Lipinski definition) is 1. The van der Waals surface area contributed by atoms with E-state index < -0.39 is 0 Å². The third-order valence-corrected chi connectivity index (χ3v) is 3.21. The molecule has 0 saturated carbocycles. The van der Waals surface area contributed by atoms with Gasteiger partial charge in [0, 0.05) is 24.8 Å². The Balaban J connectivity index is 2.62. The molecule has 0 fully saturated rings. The minimum Gasteiger partial charge on any atom is -0.316 e. The molecule has 0 amide bonds.